The topological polar surface area (TPSA) is 41.6 Å². The second-order valence-electron chi connectivity index (χ2n) is 6.98. The van der Waals surface area contributed by atoms with Crippen molar-refractivity contribution in [2.24, 2.45) is 11.8 Å². The summed E-state index contributed by atoms with van der Waals surface area (Å²) < 4.78 is 5.48. The molecule has 1 aliphatic carbocycles. The van der Waals surface area contributed by atoms with E-state index in [2.05, 4.69) is 12.4 Å². The van der Waals surface area contributed by atoms with Gasteiger partial charge in [0.15, 0.2) is 0 Å². The van der Waals surface area contributed by atoms with Crippen LogP contribution in [0.1, 0.15) is 46.5 Å². The summed E-state index contributed by atoms with van der Waals surface area (Å²) in [5, 5.41) is 3.46. The van der Waals surface area contributed by atoms with Gasteiger partial charge in [-0.05, 0) is 65.3 Å². The molecule has 1 N–H and O–H groups in total. The molecule has 4 heteroatoms. The first-order valence-corrected chi connectivity index (χ1v) is 7.56. The minimum atomic E-state index is -0.400. The van der Waals surface area contributed by atoms with E-state index < -0.39 is 5.60 Å². The van der Waals surface area contributed by atoms with E-state index in [4.69, 9.17) is 4.74 Å². The number of amides is 1. The molecule has 2 aliphatic rings. The minimum Gasteiger partial charge on any atom is -0.444 e. The maximum absolute atomic E-state index is 12.1. The van der Waals surface area contributed by atoms with Gasteiger partial charge in [0.1, 0.15) is 5.60 Å². The fourth-order valence-electron chi connectivity index (χ4n) is 3.11. The quantitative estimate of drug-likeness (QED) is 0.855. The summed E-state index contributed by atoms with van der Waals surface area (Å²) in [6.07, 6.45) is 4.85. The molecule has 110 valence electrons. The van der Waals surface area contributed by atoms with Crippen LogP contribution >= 0.6 is 0 Å². The number of ether oxygens (including phenoxy) is 1. The third kappa shape index (κ3) is 4.10. The molecule has 1 aliphatic heterocycles. The Morgan fingerprint density at radius 3 is 2.47 bits per heavy atom. The van der Waals surface area contributed by atoms with Crippen LogP contribution in [0.25, 0.3) is 0 Å². The standard InChI is InChI=1S/C15H28N2O2/c1-15(2,3)19-14(18)17-9-5-6-12(10-17)13(16-4)11-7-8-11/h11-13,16H,5-10H2,1-4H3. The summed E-state index contributed by atoms with van der Waals surface area (Å²) >= 11 is 0. The zero-order valence-electron chi connectivity index (χ0n) is 12.7. The van der Waals surface area contributed by atoms with Crippen LogP contribution in [0, 0.1) is 11.8 Å². The second kappa shape index (κ2) is 5.70. The summed E-state index contributed by atoms with van der Waals surface area (Å²) in [4.78, 5) is 14.0. The molecule has 1 saturated heterocycles. The van der Waals surface area contributed by atoms with Crippen molar-refractivity contribution in [2.45, 2.75) is 58.1 Å². The van der Waals surface area contributed by atoms with Gasteiger partial charge in [0.2, 0.25) is 0 Å². The van der Waals surface area contributed by atoms with Crippen LogP contribution in [0.5, 0.6) is 0 Å². The van der Waals surface area contributed by atoms with Crippen molar-refractivity contribution < 1.29 is 9.53 Å². The molecule has 2 fully saturated rings. The van der Waals surface area contributed by atoms with E-state index in [9.17, 15) is 4.79 Å². The molecule has 0 aromatic carbocycles. The number of hydrogen-bond acceptors (Lipinski definition) is 3. The van der Waals surface area contributed by atoms with Gasteiger partial charge in [-0.15, -0.1) is 0 Å². The average Bonchev–Trinajstić information content (AvgIpc) is 3.13. The first-order valence-electron chi connectivity index (χ1n) is 7.56. The summed E-state index contributed by atoms with van der Waals surface area (Å²) in [5.74, 6) is 1.41. The number of rotatable bonds is 3. The number of carbonyl (C=O) groups excluding carboxylic acids is 1. The molecule has 2 unspecified atom stereocenters. The zero-order chi connectivity index (χ0) is 14.0. The van der Waals surface area contributed by atoms with Crippen LogP contribution in [0.2, 0.25) is 0 Å². The lowest BCUT2D eigenvalue weighted by Gasteiger charge is -2.37. The Labute approximate surface area is 116 Å². The lowest BCUT2D eigenvalue weighted by Crippen LogP contribution is -2.48. The fraction of sp³-hybridized carbons (Fsp3) is 0.933. The van der Waals surface area contributed by atoms with Crippen LogP contribution in [-0.2, 0) is 4.74 Å². The molecular formula is C15H28N2O2. The Hall–Kier alpha value is -0.770. The number of carbonyl (C=O) groups is 1. The van der Waals surface area contributed by atoms with Crippen LogP contribution in [0.15, 0.2) is 0 Å². The molecule has 0 aromatic heterocycles. The van der Waals surface area contributed by atoms with Crippen molar-refractivity contribution in [2.75, 3.05) is 20.1 Å². The molecule has 1 amide bonds. The van der Waals surface area contributed by atoms with Crippen LogP contribution < -0.4 is 5.32 Å². The lowest BCUT2D eigenvalue weighted by molar-refractivity contribution is 0.0140. The molecule has 0 bridgehead atoms. The molecular weight excluding hydrogens is 240 g/mol. The average molecular weight is 268 g/mol. The highest BCUT2D eigenvalue weighted by atomic mass is 16.6. The number of hydrogen-bond donors (Lipinski definition) is 1. The van der Waals surface area contributed by atoms with Crippen molar-refractivity contribution in [3.05, 3.63) is 0 Å². The summed E-state index contributed by atoms with van der Waals surface area (Å²) in [6, 6.07) is 0.574. The van der Waals surface area contributed by atoms with Gasteiger partial charge in [0.05, 0.1) is 0 Å². The monoisotopic (exact) mass is 268 g/mol. The van der Waals surface area contributed by atoms with Crippen LogP contribution in [0.4, 0.5) is 4.79 Å². The molecule has 0 aromatic rings. The predicted molar refractivity (Wildman–Crippen MR) is 76.1 cm³/mol. The molecule has 2 rings (SSSR count). The first kappa shape index (κ1) is 14.6. The Bertz CT molecular complexity index is 321. The van der Waals surface area contributed by atoms with Gasteiger partial charge in [0, 0.05) is 19.1 Å². The van der Waals surface area contributed by atoms with E-state index in [0.717, 1.165) is 25.4 Å². The van der Waals surface area contributed by atoms with Gasteiger partial charge in [-0.2, -0.15) is 0 Å². The largest absolute Gasteiger partial charge is 0.444 e. The van der Waals surface area contributed by atoms with Gasteiger partial charge < -0.3 is 15.0 Å². The molecule has 4 nitrogen and oxygen atoms in total. The van der Waals surface area contributed by atoms with E-state index in [1.165, 1.54) is 19.3 Å². The smallest absolute Gasteiger partial charge is 0.410 e. The van der Waals surface area contributed by atoms with Gasteiger partial charge in [-0.1, -0.05) is 0 Å². The van der Waals surface area contributed by atoms with E-state index in [1.54, 1.807) is 0 Å². The Morgan fingerprint density at radius 1 is 1.26 bits per heavy atom. The van der Waals surface area contributed by atoms with E-state index >= 15 is 0 Å². The van der Waals surface area contributed by atoms with Crippen molar-refractivity contribution in [1.82, 2.24) is 10.2 Å². The highest BCUT2D eigenvalue weighted by Gasteiger charge is 2.38. The fourth-order valence-corrected chi connectivity index (χ4v) is 3.11. The Kier molecular flexibility index (Phi) is 4.39. The Morgan fingerprint density at radius 2 is 1.95 bits per heavy atom. The Balaban J connectivity index is 1.91. The van der Waals surface area contributed by atoms with Gasteiger partial charge in [-0.25, -0.2) is 4.79 Å². The zero-order valence-corrected chi connectivity index (χ0v) is 12.7. The maximum atomic E-state index is 12.1. The number of likely N-dealkylation sites (tertiary alicyclic amines) is 1. The van der Waals surface area contributed by atoms with E-state index in [-0.39, 0.29) is 6.09 Å². The molecule has 0 spiro atoms. The third-order valence-corrected chi connectivity index (χ3v) is 4.08. The molecule has 1 saturated carbocycles. The van der Waals surface area contributed by atoms with Crippen molar-refractivity contribution >= 4 is 6.09 Å². The minimum absolute atomic E-state index is 0.150. The van der Waals surface area contributed by atoms with Crippen LogP contribution in [0.3, 0.4) is 0 Å². The maximum Gasteiger partial charge on any atom is 0.410 e. The summed E-state index contributed by atoms with van der Waals surface area (Å²) in [7, 11) is 2.05. The molecule has 19 heavy (non-hydrogen) atoms. The van der Waals surface area contributed by atoms with Crippen molar-refractivity contribution in [3.63, 3.8) is 0 Å². The van der Waals surface area contributed by atoms with E-state index in [0.29, 0.717) is 12.0 Å². The van der Waals surface area contributed by atoms with E-state index in [1.807, 2.05) is 25.7 Å². The van der Waals surface area contributed by atoms with Gasteiger partial charge in [0.25, 0.3) is 0 Å². The number of nitrogens with zero attached hydrogens (tertiary/aromatic N) is 1. The number of piperidine rings is 1. The van der Waals surface area contributed by atoms with Crippen molar-refractivity contribution in [1.29, 1.82) is 0 Å². The summed E-state index contributed by atoms with van der Waals surface area (Å²) in [5.41, 5.74) is -0.400. The van der Waals surface area contributed by atoms with Gasteiger partial charge in [-0.3, -0.25) is 0 Å². The molecule has 1 heterocycles. The van der Waals surface area contributed by atoms with Crippen LogP contribution in [-0.4, -0.2) is 42.8 Å². The highest BCUT2D eigenvalue weighted by molar-refractivity contribution is 5.68. The lowest BCUT2D eigenvalue weighted by atomic mass is 9.88. The molecule has 0 radical (unpaired) electrons. The second-order valence-corrected chi connectivity index (χ2v) is 6.98. The predicted octanol–water partition coefficient (Wildman–Crippen LogP) is 2.63. The first-order chi connectivity index (χ1) is 8.90. The number of nitrogens with one attached hydrogen (secondary N) is 1. The SMILES string of the molecule is CNC(C1CC1)C1CCCN(C(=O)OC(C)(C)C)C1. The summed E-state index contributed by atoms with van der Waals surface area (Å²) in [6.45, 7) is 7.45. The highest BCUT2D eigenvalue weighted by Crippen LogP contribution is 2.38. The van der Waals surface area contributed by atoms with Crippen molar-refractivity contribution in [3.8, 4) is 0 Å². The normalized spacial score (nSPS) is 26.1. The molecule has 2 atom stereocenters. The van der Waals surface area contributed by atoms with Gasteiger partial charge >= 0.3 is 6.09 Å². The third-order valence-electron chi connectivity index (χ3n) is 4.08.